The number of benzene rings is 1. The Labute approximate surface area is 180 Å². The lowest BCUT2D eigenvalue weighted by Gasteiger charge is -2.21. The van der Waals surface area contributed by atoms with Gasteiger partial charge >= 0.3 is 0 Å². The van der Waals surface area contributed by atoms with Gasteiger partial charge < -0.3 is 15.6 Å². The number of anilines is 1. The first-order valence-corrected chi connectivity index (χ1v) is 10.0. The zero-order valence-electron chi connectivity index (χ0n) is 17.2. The number of carbonyl (C=O) groups excluding carboxylic acids is 3. The summed E-state index contributed by atoms with van der Waals surface area (Å²) in [6.07, 6.45) is 7.60. The van der Waals surface area contributed by atoms with Crippen molar-refractivity contribution in [3.63, 3.8) is 0 Å². The van der Waals surface area contributed by atoms with Crippen LogP contribution in [0.2, 0.25) is 0 Å². The Bertz CT molecular complexity index is 1010. The zero-order chi connectivity index (χ0) is 22.1. The van der Waals surface area contributed by atoms with Crippen LogP contribution in [0.5, 0.6) is 0 Å². The molecular weight excluding hydrogens is 394 g/mol. The molecule has 2 heterocycles. The third-order valence-electron chi connectivity index (χ3n) is 4.74. The van der Waals surface area contributed by atoms with E-state index in [0.717, 1.165) is 5.56 Å². The molecule has 0 aliphatic heterocycles. The van der Waals surface area contributed by atoms with Crippen molar-refractivity contribution >= 4 is 23.8 Å². The molecule has 0 aliphatic carbocycles. The van der Waals surface area contributed by atoms with E-state index in [1.54, 1.807) is 42.7 Å². The second-order valence-corrected chi connectivity index (χ2v) is 7.04. The van der Waals surface area contributed by atoms with Gasteiger partial charge in [0.1, 0.15) is 17.9 Å². The highest BCUT2D eigenvalue weighted by atomic mass is 16.2. The lowest BCUT2D eigenvalue weighted by molar-refractivity contribution is -0.122. The van der Waals surface area contributed by atoms with Crippen molar-refractivity contribution in [1.82, 2.24) is 20.3 Å². The molecule has 0 spiro atoms. The van der Waals surface area contributed by atoms with Crippen molar-refractivity contribution in [3.8, 4) is 0 Å². The highest BCUT2D eigenvalue weighted by Crippen LogP contribution is 2.13. The Balaban J connectivity index is 1.77. The third-order valence-corrected chi connectivity index (χ3v) is 4.74. The molecule has 0 fully saturated rings. The highest BCUT2D eigenvalue weighted by Gasteiger charge is 2.23. The summed E-state index contributed by atoms with van der Waals surface area (Å²) in [7, 11) is 0. The number of amides is 1. The molecule has 2 unspecified atom stereocenters. The molecule has 8 heteroatoms. The van der Waals surface area contributed by atoms with Gasteiger partial charge in [-0.2, -0.15) is 0 Å². The summed E-state index contributed by atoms with van der Waals surface area (Å²) >= 11 is 0. The zero-order valence-corrected chi connectivity index (χ0v) is 17.2. The molecule has 0 aliphatic rings. The molecule has 0 saturated heterocycles. The van der Waals surface area contributed by atoms with Crippen LogP contribution >= 0.6 is 0 Å². The van der Waals surface area contributed by atoms with Crippen LogP contribution in [0.25, 0.3) is 0 Å². The van der Waals surface area contributed by atoms with Crippen LogP contribution in [-0.4, -0.2) is 45.0 Å². The smallest absolute Gasteiger partial charge is 0.243 e. The van der Waals surface area contributed by atoms with Crippen LogP contribution in [0, 0.1) is 0 Å². The molecule has 1 aromatic carbocycles. The van der Waals surface area contributed by atoms with E-state index in [4.69, 9.17) is 0 Å². The number of hydrogen-bond donors (Lipinski definition) is 3. The molecule has 159 valence electrons. The number of hydrogen-bond acceptors (Lipinski definition) is 6. The van der Waals surface area contributed by atoms with E-state index < -0.39 is 12.1 Å². The van der Waals surface area contributed by atoms with Crippen molar-refractivity contribution < 1.29 is 14.4 Å². The van der Waals surface area contributed by atoms with Gasteiger partial charge in [0.05, 0.1) is 12.0 Å². The fourth-order valence-electron chi connectivity index (χ4n) is 3.15. The number of imidazole rings is 1. The average Bonchev–Trinajstić information content (AvgIpc) is 3.31. The number of ketones is 1. The lowest BCUT2D eigenvalue weighted by atomic mass is 10.00. The maximum atomic E-state index is 13.0. The maximum absolute atomic E-state index is 13.0. The number of pyridine rings is 1. The average molecular weight is 418 g/mol. The van der Waals surface area contributed by atoms with Crippen molar-refractivity contribution in [2.24, 2.45) is 0 Å². The molecule has 1 amide bonds. The fraction of sp³-hybridized carbons (Fsp3) is 0.261. The predicted molar refractivity (Wildman–Crippen MR) is 116 cm³/mol. The SMILES string of the molecule is CCC(=O)c1cccc(CC(Nc2ccccn2)C(=O)NC([C]=O)Cc2c[nH]cn2)c1. The van der Waals surface area contributed by atoms with Crippen LogP contribution in [0.15, 0.2) is 61.2 Å². The first-order chi connectivity index (χ1) is 15.1. The molecule has 3 N–H and O–H groups in total. The maximum Gasteiger partial charge on any atom is 0.243 e. The molecule has 31 heavy (non-hydrogen) atoms. The third kappa shape index (κ3) is 6.33. The van der Waals surface area contributed by atoms with Gasteiger partial charge in [0.15, 0.2) is 5.78 Å². The molecular formula is C23H24N5O3. The topological polar surface area (TPSA) is 117 Å². The van der Waals surface area contributed by atoms with Crippen LogP contribution in [0.4, 0.5) is 5.82 Å². The second-order valence-electron chi connectivity index (χ2n) is 7.04. The second kappa shape index (κ2) is 10.8. The molecule has 0 bridgehead atoms. The van der Waals surface area contributed by atoms with Crippen molar-refractivity contribution in [2.75, 3.05) is 5.32 Å². The van der Waals surface area contributed by atoms with Gasteiger partial charge in [0.2, 0.25) is 12.2 Å². The van der Waals surface area contributed by atoms with Crippen LogP contribution in [-0.2, 0) is 22.4 Å². The van der Waals surface area contributed by atoms with E-state index in [-0.39, 0.29) is 18.1 Å². The molecule has 3 rings (SSSR count). The first-order valence-electron chi connectivity index (χ1n) is 10.0. The summed E-state index contributed by atoms with van der Waals surface area (Å²) in [4.78, 5) is 47.6. The minimum atomic E-state index is -0.836. The van der Waals surface area contributed by atoms with Gasteiger partial charge in [-0.1, -0.05) is 31.2 Å². The van der Waals surface area contributed by atoms with Crippen LogP contribution in [0.1, 0.15) is 35.0 Å². The van der Waals surface area contributed by atoms with E-state index in [2.05, 4.69) is 25.6 Å². The van der Waals surface area contributed by atoms with E-state index in [1.165, 1.54) is 6.33 Å². The molecule has 3 aromatic rings. The van der Waals surface area contributed by atoms with Crippen molar-refractivity contribution in [2.45, 2.75) is 38.3 Å². The Morgan fingerprint density at radius 2 is 2.00 bits per heavy atom. The number of nitrogens with one attached hydrogen (secondary N) is 3. The summed E-state index contributed by atoms with van der Waals surface area (Å²) in [6.45, 7) is 1.81. The molecule has 1 radical (unpaired) electrons. The lowest BCUT2D eigenvalue weighted by Crippen LogP contribution is -2.47. The van der Waals surface area contributed by atoms with Gasteiger partial charge in [-0.25, -0.2) is 9.97 Å². The van der Waals surface area contributed by atoms with Gasteiger partial charge in [0, 0.05) is 37.2 Å². The van der Waals surface area contributed by atoms with E-state index >= 15 is 0 Å². The number of aromatic nitrogens is 3. The molecule has 2 atom stereocenters. The van der Waals surface area contributed by atoms with Gasteiger partial charge in [0.25, 0.3) is 0 Å². The number of carbonyl (C=O) groups is 2. The van der Waals surface area contributed by atoms with E-state index in [0.29, 0.717) is 29.9 Å². The number of H-pyrrole nitrogens is 1. The number of aromatic amines is 1. The summed E-state index contributed by atoms with van der Waals surface area (Å²) in [5, 5.41) is 5.84. The first kappa shape index (κ1) is 21.9. The minimum Gasteiger partial charge on any atom is -0.358 e. The Morgan fingerprint density at radius 1 is 1.13 bits per heavy atom. The summed E-state index contributed by atoms with van der Waals surface area (Å²) in [6, 6.07) is 11.0. The Kier molecular flexibility index (Phi) is 7.64. The van der Waals surface area contributed by atoms with E-state index in [9.17, 15) is 14.4 Å². The largest absolute Gasteiger partial charge is 0.358 e. The normalized spacial score (nSPS) is 12.5. The summed E-state index contributed by atoms with van der Waals surface area (Å²) in [5.74, 6) is 0.194. The van der Waals surface area contributed by atoms with Crippen LogP contribution in [0.3, 0.4) is 0 Å². The van der Waals surface area contributed by atoms with Gasteiger partial charge in [-0.3, -0.25) is 14.4 Å². The monoisotopic (exact) mass is 418 g/mol. The molecule has 2 aromatic heterocycles. The minimum absolute atomic E-state index is 0.0372. The predicted octanol–water partition coefficient (Wildman–Crippen LogP) is 2.26. The number of Topliss-reactive ketones (excluding diaryl/α,β-unsaturated/α-hetero) is 1. The Hall–Kier alpha value is -3.81. The molecule has 8 nitrogen and oxygen atoms in total. The van der Waals surface area contributed by atoms with Crippen molar-refractivity contribution in [3.05, 3.63) is 78.0 Å². The van der Waals surface area contributed by atoms with Gasteiger partial charge in [-0.05, 0) is 23.8 Å². The summed E-state index contributed by atoms with van der Waals surface area (Å²) in [5.41, 5.74) is 2.07. The Morgan fingerprint density at radius 3 is 2.68 bits per heavy atom. The van der Waals surface area contributed by atoms with Crippen LogP contribution < -0.4 is 10.6 Å². The standard InChI is InChI=1S/C23H24N5O3/c1-2-21(30)17-7-5-6-16(10-17)11-20(28-22-8-3-4-9-25-22)23(31)27-19(14-29)12-18-13-24-15-26-18/h3-10,13,15,19-20H,2,11-12H2,1H3,(H,24,26)(H,25,28)(H,27,31). The van der Waals surface area contributed by atoms with E-state index in [1.807, 2.05) is 25.3 Å². The number of nitrogens with zero attached hydrogens (tertiary/aromatic N) is 2. The fourth-order valence-corrected chi connectivity index (χ4v) is 3.15. The molecule has 0 saturated carbocycles. The highest BCUT2D eigenvalue weighted by molar-refractivity contribution is 5.96. The number of rotatable bonds is 11. The summed E-state index contributed by atoms with van der Waals surface area (Å²) < 4.78 is 0. The van der Waals surface area contributed by atoms with Crippen molar-refractivity contribution in [1.29, 1.82) is 0 Å². The van der Waals surface area contributed by atoms with Gasteiger partial charge in [-0.15, -0.1) is 0 Å². The quantitative estimate of drug-likeness (QED) is 0.411.